The van der Waals surface area contributed by atoms with Gasteiger partial charge in [-0.25, -0.2) is 0 Å². The van der Waals surface area contributed by atoms with Crippen LogP contribution in [0.1, 0.15) is 41.5 Å². The van der Waals surface area contributed by atoms with E-state index in [9.17, 15) is 4.79 Å². The molecule has 0 aromatic carbocycles. The predicted octanol–water partition coefficient (Wildman–Crippen LogP) is 3.35. The van der Waals surface area contributed by atoms with Gasteiger partial charge in [-0.05, 0) is 32.1 Å². The van der Waals surface area contributed by atoms with Gasteiger partial charge in [-0.2, -0.15) is 11.8 Å². The van der Waals surface area contributed by atoms with Crippen LogP contribution in [0.5, 0.6) is 0 Å². The number of thioether (sulfide) groups is 1. The molecule has 0 amide bonds. The van der Waals surface area contributed by atoms with Crippen molar-refractivity contribution >= 4 is 17.5 Å². The summed E-state index contributed by atoms with van der Waals surface area (Å²) in [6.45, 7) is 6.10. The zero-order chi connectivity index (χ0) is 11.3. The third-order valence-corrected chi connectivity index (χ3v) is 3.37. The van der Waals surface area contributed by atoms with E-state index in [4.69, 9.17) is 0 Å². The van der Waals surface area contributed by atoms with E-state index in [-0.39, 0.29) is 5.78 Å². The number of carbonyl (C=O) groups is 1. The van der Waals surface area contributed by atoms with Gasteiger partial charge in [0.25, 0.3) is 0 Å². The number of unbranched alkanes of at least 4 members (excludes halogenated alkanes) is 1. The average Bonchev–Trinajstić information content (AvgIpc) is 2.52. The molecular weight excluding hydrogens is 206 g/mol. The Balaban J connectivity index is 2.43. The van der Waals surface area contributed by atoms with Gasteiger partial charge in [-0.1, -0.05) is 13.3 Å². The fraction of sp³-hybridized carbons (Fsp3) is 0.583. The Kier molecular flexibility index (Phi) is 4.95. The minimum Gasteiger partial charge on any atom is -0.362 e. The third-order valence-electron chi connectivity index (χ3n) is 2.33. The number of ketones is 1. The molecule has 0 radical (unpaired) electrons. The number of aryl methyl sites for hydroxylation is 2. The minimum atomic E-state index is 0.248. The molecule has 1 rings (SSSR count). The summed E-state index contributed by atoms with van der Waals surface area (Å²) in [6.07, 6.45) is 2.40. The average molecular weight is 225 g/mol. The Labute approximate surface area is 95.8 Å². The van der Waals surface area contributed by atoms with E-state index in [0.717, 1.165) is 22.7 Å². The van der Waals surface area contributed by atoms with Gasteiger partial charge < -0.3 is 4.98 Å². The number of hydrogen-bond donors (Lipinski definition) is 1. The quantitative estimate of drug-likeness (QED) is 0.595. The van der Waals surface area contributed by atoms with Crippen molar-refractivity contribution in [1.29, 1.82) is 0 Å². The van der Waals surface area contributed by atoms with Crippen molar-refractivity contribution in [2.24, 2.45) is 0 Å². The lowest BCUT2D eigenvalue weighted by molar-refractivity contribution is 0.102. The van der Waals surface area contributed by atoms with Crippen molar-refractivity contribution in [3.05, 3.63) is 23.0 Å². The van der Waals surface area contributed by atoms with Crippen LogP contribution in [-0.4, -0.2) is 22.3 Å². The van der Waals surface area contributed by atoms with Gasteiger partial charge in [-0.3, -0.25) is 4.79 Å². The van der Waals surface area contributed by atoms with Gasteiger partial charge in [0.05, 0.1) is 5.75 Å². The van der Waals surface area contributed by atoms with Crippen LogP contribution >= 0.6 is 11.8 Å². The number of Topliss-reactive ketones (excluding diaryl/α,β-unsaturated/α-hetero) is 1. The van der Waals surface area contributed by atoms with Crippen molar-refractivity contribution in [2.75, 3.05) is 11.5 Å². The minimum absolute atomic E-state index is 0.248. The summed E-state index contributed by atoms with van der Waals surface area (Å²) in [5.74, 6) is 1.95. The summed E-state index contributed by atoms with van der Waals surface area (Å²) < 4.78 is 0. The van der Waals surface area contributed by atoms with Gasteiger partial charge in [0, 0.05) is 17.0 Å². The molecule has 1 N–H and O–H groups in total. The van der Waals surface area contributed by atoms with Gasteiger partial charge >= 0.3 is 0 Å². The predicted molar refractivity (Wildman–Crippen MR) is 66.8 cm³/mol. The van der Waals surface area contributed by atoms with Gasteiger partial charge in [-0.15, -0.1) is 0 Å². The number of H-pyrrole nitrogens is 1. The second kappa shape index (κ2) is 6.01. The molecule has 84 valence electrons. The van der Waals surface area contributed by atoms with E-state index in [0.29, 0.717) is 5.75 Å². The highest BCUT2D eigenvalue weighted by atomic mass is 32.2. The Morgan fingerprint density at radius 1 is 1.47 bits per heavy atom. The molecule has 0 aliphatic heterocycles. The summed E-state index contributed by atoms with van der Waals surface area (Å²) in [5.41, 5.74) is 2.92. The number of rotatable bonds is 6. The molecule has 0 fully saturated rings. The molecule has 0 atom stereocenters. The first-order valence-electron chi connectivity index (χ1n) is 5.42. The lowest BCUT2D eigenvalue weighted by Gasteiger charge is -1.99. The fourth-order valence-corrected chi connectivity index (χ4v) is 2.48. The summed E-state index contributed by atoms with van der Waals surface area (Å²) >= 11 is 1.74. The van der Waals surface area contributed by atoms with E-state index in [1.54, 1.807) is 11.8 Å². The lowest BCUT2D eigenvalue weighted by Crippen LogP contribution is -2.03. The molecule has 0 saturated carbocycles. The molecule has 1 aromatic heterocycles. The van der Waals surface area contributed by atoms with Crippen LogP contribution in [0.2, 0.25) is 0 Å². The molecule has 0 bridgehead atoms. The van der Waals surface area contributed by atoms with E-state index in [2.05, 4.69) is 11.9 Å². The molecule has 1 heterocycles. The number of aromatic nitrogens is 1. The molecule has 3 heteroatoms. The molecule has 0 aliphatic rings. The van der Waals surface area contributed by atoms with Crippen molar-refractivity contribution in [2.45, 2.75) is 33.6 Å². The Hall–Kier alpha value is -0.700. The summed E-state index contributed by atoms with van der Waals surface area (Å²) in [7, 11) is 0. The third kappa shape index (κ3) is 3.74. The Morgan fingerprint density at radius 3 is 2.73 bits per heavy atom. The molecule has 0 spiro atoms. The van der Waals surface area contributed by atoms with Crippen LogP contribution in [-0.2, 0) is 0 Å². The Morgan fingerprint density at radius 2 is 2.20 bits per heavy atom. The highest BCUT2D eigenvalue weighted by molar-refractivity contribution is 7.99. The van der Waals surface area contributed by atoms with Crippen molar-refractivity contribution in [3.8, 4) is 0 Å². The fourth-order valence-electron chi connectivity index (χ4n) is 1.50. The van der Waals surface area contributed by atoms with E-state index in [1.807, 2.05) is 19.9 Å². The number of hydrogen-bond acceptors (Lipinski definition) is 2. The maximum Gasteiger partial charge on any atom is 0.174 e. The second-order valence-electron chi connectivity index (χ2n) is 3.82. The first-order valence-corrected chi connectivity index (χ1v) is 6.57. The highest BCUT2D eigenvalue weighted by Gasteiger charge is 2.10. The van der Waals surface area contributed by atoms with Crippen molar-refractivity contribution < 1.29 is 4.79 Å². The maximum absolute atomic E-state index is 11.8. The summed E-state index contributed by atoms with van der Waals surface area (Å²) in [4.78, 5) is 15.0. The lowest BCUT2D eigenvalue weighted by atomic mass is 10.2. The molecule has 0 aliphatic carbocycles. The summed E-state index contributed by atoms with van der Waals surface area (Å²) in [6, 6.07) is 1.94. The van der Waals surface area contributed by atoms with Crippen molar-refractivity contribution in [3.63, 3.8) is 0 Å². The van der Waals surface area contributed by atoms with E-state index < -0.39 is 0 Å². The topological polar surface area (TPSA) is 32.9 Å². The Bertz CT molecular complexity index is 330. The van der Waals surface area contributed by atoms with Crippen LogP contribution in [0.25, 0.3) is 0 Å². The van der Waals surface area contributed by atoms with E-state index >= 15 is 0 Å². The number of aromatic amines is 1. The second-order valence-corrected chi connectivity index (χ2v) is 4.93. The zero-order valence-corrected chi connectivity index (χ0v) is 10.5. The van der Waals surface area contributed by atoms with Gasteiger partial charge in [0.15, 0.2) is 5.78 Å². The monoisotopic (exact) mass is 225 g/mol. The van der Waals surface area contributed by atoms with Crippen LogP contribution < -0.4 is 0 Å². The number of carbonyl (C=O) groups excluding carboxylic acids is 1. The maximum atomic E-state index is 11.8. The standard InChI is InChI=1S/C12H19NOS/c1-4-5-6-15-8-12(14)11-7-9(2)13-10(11)3/h7,13H,4-6,8H2,1-3H3. The first kappa shape index (κ1) is 12.4. The van der Waals surface area contributed by atoms with Crippen LogP contribution in [0.4, 0.5) is 0 Å². The molecular formula is C12H19NOS. The molecule has 1 aromatic rings. The van der Waals surface area contributed by atoms with Gasteiger partial charge in [0.2, 0.25) is 0 Å². The first-order chi connectivity index (χ1) is 7.15. The largest absolute Gasteiger partial charge is 0.362 e. The normalized spacial score (nSPS) is 10.6. The SMILES string of the molecule is CCCCSCC(=O)c1cc(C)[nH]c1C. The molecule has 2 nitrogen and oxygen atoms in total. The van der Waals surface area contributed by atoms with Gasteiger partial charge in [0.1, 0.15) is 0 Å². The van der Waals surface area contributed by atoms with Crippen LogP contribution in [0, 0.1) is 13.8 Å². The molecule has 0 unspecified atom stereocenters. The smallest absolute Gasteiger partial charge is 0.174 e. The molecule has 0 saturated heterocycles. The van der Waals surface area contributed by atoms with Crippen LogP contribution in [0.3, 0.4) is 0 Å². The number of nitrogens with one attached hydrogen (secondary N) is 1. The summed E-state index contributed by atoms with van der Waals surface area (Å²) in [5, 5.41) is 0. The zero-order valence-electron chi connectivity index (χ0n) is 9.72. The van der Waals surface area contributed by atoms with Crippen molar-refractivity contribution in [1.82, 2.24) is 4.98 Å². The molecule has 15 heavy (non-hydrogen) atoms. The van der Waals surface area contributed by atoms with Crippen LogP contribution in [0.15, 0.2) is 6.07 Å². The highest BCUT2D eigenvalue weighted by Crippen LogP contribution is 2.14. The van der Waals surface area contributed by atoms with E-state index in [1.165, 1.54) is 12.8 Å².